The Kier molecular flexibility index (Phi) is 4.72. The van der Waals surface area contributed by atoms with Gasteiger partial charge in [0.1, 0.15) is 11.6 Å². The molecule has 2 heterocycles. The highest BCUT2D eigenvalue weighted by molar-refractivity contribution is 6.22. The number of hydrogen-bond acceptors (Lipinski definition) is 4. The van der Waals surface area contributed by atoms with Crippen LogP contribution < -0.4 is 5.32 Å². The minimum Gasteiger partial charge on any atom is -0.467 e. The molecule has 1 N–H and O–H groups in total. The molecule has 29 heavy (non-hydrogen) atoms. The van der Waals surface area contributed by atoms with E-state index < -0.39 is 17.7 Å². The molecule has 1 aliphatic heterocycles. The first-order valence-electron chi connectivity index (χ1n) is 9.03. The zero-order chi connectivity index (χ0) is 20.5. The number of fused-ring (bicyclic) bond motifs is 1. The van der Waals surface area contributed by atoms with Crippen molar-refractivity contribution in [3.8, 4) is 0 Å². The fourth-order valence-corrected chi connectivity index (χ4v) is 3.25. The maximum atomic E-state index is 13.1. The lowest BCUT2D eigenvalue weighted by molar-refractivity contribution is 0.0631. The summed E-state index contributed by atoms with van der Waals surface area (Å²) in [6.45, 7) is 1.81. The second-order valence-corrected chi connectivity index (χ2v) is 6.78. The molecule has 1 aromatic heterocycles. The van der Waals surface area contributed by atoms with Gasteiger partial charge in [0.15, 0.2) is 0 Å². The number of carbonyl (C=O) groups excluding carboxylic acids is 3. The standard InChI is InChI=1S/C22H17FN2O4/c1-13(14-4-7-16(23)8-5-14)24-20(26)15-6-9-18-19(11-15)22(28)25(21(18)27)12-17-3-2-10-29-17/h2-11,13H,12H2,1H3,(H,24,26). The zero-order valence-corrected chi connectivity index (χ0v) is 15.5. The molecule has 1 atom stereocenters. The maximum Gasteiger partial charge on any atom is 0.261 e. The van der Waals surface area contributed by atoms with Gasteiger partial charge in [-0.15, -0.1) is 0 Å². The summed E-state index contributed by atoms with van der Waals surface area (Å²) in [5.74, 6) is -1.15. The van der Waals surface area contributed by atoms with E-state index in [1.165, 1.54) is 36.6 Å². The lowest BCUT2D eigenvalue weighted by Gasteiger charge is -2.14. The van der Waals surface area contributed by atoms with Crippen LogP contribution in [-0.4, -0.2) is 22.6 Å². The van der Waals surface area contributed by atoms with Gasteiger partial charge in [-0.3, -0.25) is 19.3 Å². The van der Waals surface area contributed by atoms with Gasteiger partial charge >= 0.3 is 0 Å². The Morgan fingerprint density at radius 1 is 1.07 bits per heavy atom. The number of furan rings is 1. The van der Waals surface area contributed by atoms with E-state index in [9.17, 15) is 18.8 Å². The first-order chi connectivity index (χ1) is 13.9. The Bertz CT molecular complexity index is 1090. The summed E-state index contributed by atoms with van der Waals surface area (Å²) in [6, 6.07) is 13.2. The number of imide groups is 1. The van der Waals surface area contributed by atoms with Gasteiger partial charge in [-0.05, 0) is 55.0 Å². The van der Waals surface area contributed by atoms with Crippen LogP contribution in [0.4, 0.5) is 4.39 Å². The molecule has 0 aliphatic carbocycles. The molecule has 0 saturated carbocycles. The van der Waals surface area contributed by atoms with E-state index in [4.69, 9.17) is 4.42 Å². The molecule has 6 nitrogen and oxygen atoms in total. The van der Waals surface area contributed by atoms with Gasteiger partial charge in [0, 0.05) is 5.56 Å². The fraction of sp³-hybridized carbons (Fsp3) is 0.136. The molecule has 0 radical (unpaired) electrons. The Hall–Kier alpha value is -3.74. The SMILES string of the molecule is CC(NC(=O)c1ccc2c(c1)C(=O)N(Cc1ccco1)C2=O)c1ccc(F)cc1. The largest absolute Gasteiger partial charge is 0.467 e. The van der Waals surface area contributed by atoms with Crippen molar-refractivity contribution in [3.05, 3.63) is 94.7 Å². The fourth-order valence-electron chi connectivity index (χ4n) is 3.25. The number of amides is 3. The lowest BCUT2D eigenvalue weighted by Crippen LogP contribution is -2.29. The van der Waals surface area contributed by atoms with E-state index in [0.717, 1.165) is 10.5 Å². The van der Waals surface area contributed by atoms with E-state index in [1.807, 2.05) is 0 Å². The molecule has 0 spiro atoms. The molecule has 146 valence electrons. The minimum atomic E-state index is -0.470. The summed E-state index contributed by atoms with van der Waals surface area (Å²) in [7, 11) is 0. The van der Waals surface area contributed by atoms with E-state index in [1.54, 1.807) is 31.2 Å². The van der Waals surface area contributed by atoms with Gasteiger partial charge < -0.3 is 9.73 Å². The lowest BCUT2D eigenvalue weighted by atomic mass is 10.0. The van der Waals surface area contributed by atoms with Crippen LogP contribution in [0.1, 0.15) is 55.4 Å². The van der Waals surface area contributed by atoms with Crippen molar-refractivity contribution >= 4 is 17.7 Å². The highest BCUT2D eigenvalue weighted by atomic mass is 19.1. The van der Waals surface area contributed by atoms with Gasteiger partial charge in [0.2, 0.25) is 0 Å². The average Bonchev–Trinajstić information content (AvgIpc) is 3.31. The number of carbonyl (C=O) groups is 3. The minimum absolute atomic E-state index is 0.0302. The molecule has 1 aliphatic rings. The Balaban J connectivity index is 1.52. The molecule has 3 aromatic rings. The summed E-state index contributed by atoms with van der Waals surface area (Å²) in [5, 5.41) is 2.81. The normalized spacial score (nSPS) is 14.1. The molecule has 0 bridgehead atoms. The number of hydrogen-bond donors (Lipinski definition) is 1. The third-order valence-corrected chi connectivity index (χ3v) is 4.84. The molecule has 7 heteroatoms. The molecular formula is C22H17FN2O4. The number of nitrogens with one attached hydrogen (secondary N) is 1. The van der Waals surface area contributed by atoms with Crippen molar-refractivity contribution in [2.45, 2.75) is 19.5 Å². The average molecular weight is 392 g/mol. The summed E-state index contributed by atoms with van der Waals surface area (Å²) in [5.41, 5.74) is 1.45. The van der Waals surface area contributed by atoms with Crippen LogP contribution in [-0.2, 0) is 6.54 Å². The third kappa shape index (κ3) is 3.54. The summed E-state index contributed by atoms with van der Waals surface area (Å²) < 4.78 is 18.3. The predicted octanol–water partition coefficient (Wildman–Crippen LogP) is 3.71. The van der Waals surface area contributed by atoms with Crippen LogP contribution >= 0.6 is 0 Å². The molecule has 1 unspecified atom stereocenters. The van der Waals surface area contributed by atoms with Crippen LogP contribution in [0.3, 0.4) is 0 Å². The highest BCUT2D eigenvalue weighted by Gasteiger charge is 2.36. The quantitative estimate of drug-likeness (QED) is 0.672. The van der Waals surface area contributed by atoms with Gasteiger partial charge in [0.25, 0.3) is 17.7 Å². The van der Waals surface area contributed by atoms with Crippen molar-refractivity contribution in [1.82, 2.24) is 10.2 Å². The van der Waals surface area contributed by atoms with Crippen LogP contribution in [0.25, 0.3) is 0 Å². The Labute approximate surface area is 165 Å². The van der Waals surface area contributed by atoms with Gasteiger partial charge in [-0.25, -0.2) is 4.39 Å². The van der Waals surface area contributed by atoms with Crippen LogP contribution in [0.2, 0.25) is 0 Å². The maximum absolute atomic E-state index is 13.1. The molecule has 0 saturated heterocycles. The number of halogens is 1. The monoisotopic (exact) mass is 392 g/mol. The summed E-state index contributed by atoms with van der Waals surface area (Å²) in [4.78, 5) is 38.9. The van der Waals surface area contributed by atoms with Gasteiger partial charge in [-0.1, -0.05) is 12.1 Å². The summed E-state index contributed by atoms with van der Waals surface area (Å²) in [6.07, 6.45) is 1.47. The predicted molar refractivity (Wildman–Crippen MR) is 102 cm³/mol. The van der Waals surface area contributed by atoms with Crippen molar-refractivity contribution in [2.24, 2.45) is 0 Å². The van der Waals surface area contributed by atoms with E-state index >= 15 is 0 Å². The molecule has 4 rings (SSSR count). The van der Waals surface area contributed by atoms with Gasteiger partial charge in [0.05, 0.1) is 30.0 Å². The molecular weight excluding hydrogens is 375 g/mol. The highest BCUT2D eigenvalue weighted by Crippen LogP contribution is 2.26. The molecule has 2 aromatic carbocycles. The molecule has 3 amide bonds. The second-order valence-electron chi connectivity index (χ2n) is 6.78. The second kappa shape index (κ2) is 7.35. The number of rotatable bonds is 5. The Morgan fingerprint density at radius 2 is 1.79 bits per heavy atom. The van der Waals surface area contributed by atoms with E-state index in [2.05, 4.69) is 5.32 Å². The van der Waals surface area contributed by atoms with Crippen LogP contribution in [0, 0.1) is 5.82 Å². The van der Waals surface area contributed by atoms with Crippen molar-refractivity contribution in [2.75, 3.05) is 0 Å². The number of nitrogens with zero attached hydrogens (tertiary/aromatic N) is 1. The summed E-state index contributed by atoms with van der Waals surface area (Å²) >= 11 is 0. The van der Waals surface area contributed by atoms with Crippen molar-refractivity contribution in [1.29, 1.82) is 0 Å². The topological polar surface area (TPSA) is 79.6 Å². The van der Waals surface area contributed by atoms with Crippen molar-refractivity contribution in [3.63, 3.8) is 0 Å². The third-order valence-electron chi connectivity index (χ3n) is 4.84. The Morgan fingerprint density at radius 3 is 2.48 bits per heavy atom. The molecule has 0 fully saturated rings. The van der Waals surface area contributed by atoms with Gasteiger partial charge in [-0.2, -0.15) is 0 Å². The van der Waals surface area contributed by atoms with E-state index in [0.29, 0.717) is 5.76 Å². The van der Waals surface area contributed by atoms with Crippen molar-refractivity contribution < 1.29 is 23.2 Å². The first kappa shape index (κ1) is 18.6. The zero-order valence-electron chi connectivity index (χ0n) is 15.5. The smallest absolute Gasteiger partial charge is 0.261 e. The van der Waals surface area contributed by atoms with E-state index in [-0.39, 0.29) is 35.1 Å². The first-order valence-corrected chi connectivity index (χ1v) is 9.03. The number of benzene rings is 2. The van der Waals surface area contributed by atoms with Crippen LogP contribution in [0.5, 0.6) is 0 Å². The van der Waals surface area contributed by atoms with Crippen LogP contribution in [0.15, 0.2) is 65.3 Å².